The normalized spacial score (nSPS) is 17.8. The van der Waals surface area contributed by atoms with Gasteiger partial charge in [-0.3, -0.25) is 4.90 Å². The topological polar surface area (TPSA) is 16.1 Å². The van der Waals surface area contributed by atoms with Crippen molar-refractivity contribution in [2.24, 2.45) is 0 Å². The summed E-state index contributed by atoms with van der Waals surface area (Å²) in [5, 5.41) is 4.49. The first-order valence-electron chi connectivity index (χ1n) is 6.50. The number of hydrogen-bond donors (Lipinski definition) is 0. The third-order valence-corrected chi connectivity index (χ3v) is 4.77. The lowest BCUT2D eigenvalue weighted by molar-refractivity contribution is 0.157. The molecule has 1 aliphatic rings. The Labute approximate surface area is 117 Å². The third kappa shape index (κ3) is 4.04. The number of hydrogen-bond acceptors (Lipinski definition) is 3. The van der Waals surface area contributed by atoms with E-state index in [1.54, 1.807) is 11.3 Å². The molecule has 0 bridgehead atoms. The molecule has 1 heterocycles. The second-order valence-corrected chi connectivity index (χ2v) is 6.57. The number of rotatable bonds is 5. The largest absolute Gasteiger partial charge is 0.293 e. The minimum atomic E-state index is 0.783. The van der Waals surface area contributed by atoms with Crippen LogP contribution in [0, 0.1) is 6.92 Å². The fraction of sp³-hybridized carbons (Fsp3) is 0.769. The maximum atomic E-state index is 4.59. The zero-order valence-electron chi connectivity index (χ0n) is 10.5. The molecule has 0 spiro atoms. The molecule has 0 N–H and O–H groups in total. The molecule has 1 fully saturated rings. The van der Waals surface area contributed by atoms with E-state index in [2.05, 4.69) is 38.1 Å². The van der Waals surface area contributed by atoms with Crippen molar-refractivity contribution in [1.82, 2.24) is 9.88 Å². The van der Waals surface area contributed by atoms with E-state index in [4.69, 9.17) is 0 Å². The van der Waals surface area contributed by atoms with Crippen molar-refractivity contribution in [2.75, 3.05) is 11.9 Å². The standard InChI is InChI=1S/C13H21BrN2S/c1-11-10-17-13(15-11)9-16(8-7-14)12-5-3-2-4-6-12/h10,12H,2-9H2,1H3. The first-order chi connectivity index (χ1) is 8.29. The lowest BCUT2D eigenvalue weighted by Crippen LogP contribution is -2.37. The van der Waals surface area contributed by atoms with Crippen LogP contribution in [0.15, 0.2) is 5.38 Å². The minimum absolute atomic E-state index is 0.783. The van der Waals surface area contributed by atoms with E-state index in [9.17, 15) is 0 Å². The first kappa shape index (κ1) is 13.5. The Morgan fingerprint density at radius 2 is 2.18 bits per heavy atom. The van der Waals surface area contributed by atoms with E-state index >= 15 is 0 Å². The summed E-state index contributed by atoms with van der Waals surface area (Å²) < 4.78 is 0. The summed E-state index contributed by atoms with van der Waals surface area (Å²) in [6.07, 6.45) is 6.98. The van der Waals surface area contributed by atoms with Crippen LogP contribution >= 0.6 is 27.3 Å². The van der Waals surface area contributed by atoms with E-state index in [1.165, 1.54) is 37.1 Å². The molecule has 0 radical (unpaired) electrons. The fourth-order valence-corrected chi connectivity index (χ4v) is 3.85. The molecular formula is C13H21BrN2S. The third-order valence-electron chi connectivity index (χ3n) is 3.47. The summed E-state index contributed by atoms with van der Waals surface area (Å²) in [5.41, 5.74) is 1.16. The van der Waals surface area contributed by atoms with Crippen LogP contribution in [-0.2, 0) is 6.54 Å². The van der Waals surface area contributed by atoms with Crippen molar-refractivity contribution in [3.05, 3.63) is 16.1 Å². The van der Waals surface area contributed by atoms with Gasteiger partial charge in [0.1, 0.15) is 5.01 Å². The van der Waals surface area contributed by atoms with Crippen LogP contribution in [-0.4, -0.2) is 27.8 Å². The Morgan fingerprint density at radius 3 is 2.76 bits per heavy atom. The number of aryl methyl sites for hydroxylation is 1. The maximum Gasteiger partial charge on any atom is 0.107 e. The smallest absolute Gasteiger partial charge is 0.107 e. The molecule has 0 atom stereocenters. The van der Waals surface area contributed by atoms with Gasteiger partial charge in [0.25, 0.3) is 0 Å². The van der Waals surface area contributed by atoms with Gasteiger partial charge in [-0.1, -0.05) is 35.2 Å². The van der Waals surface area contributed by atoms with E-state index in [0.717, 1.165) is 30.2 Å². The molecular weight excluding hydrogens is 296 g/mol. The molecule has 4 heteroatoms. The predicted molar refractivity (Wildman–Crippen MR) is 77.9 cm³/mol. The lowest BCUT2D eigenvalue weighted by atomic mass is 9.94. The average Bonchev–Trinajstić information content (AvgIpc) is 2.75. The van der Waals surface area contributed by atoms with Gasteiger partial charge >= 0.3 is 0 Å². The molecule has 0 amide bonds. The molecule has 0 unspecified atom stereocenters. The van der Waals surface area contributed by atoms with E-state index in [1.807, 2.05) is 0 Å². The monoisotopic (exact) mass is 316 g/mol. The second kappa shape index (κ2) is 6.86. The Balaban J connectivity index is 1.95. The van der Waals surface area contributed by atoms with Crippen molar-refractivity contribution < 1.29 is 0 Å². The highest BCUT2D eigenvalue weighted by Gasteiger charge is 2.21. The van der Waals surface area contributed by atoms with Gasteiger partial charge < -0.3 is 0 Å². The Hall–Kier alpha value is 0.0700. The van der Waals surface area contributed by atoms with Gasteiger partial charge in [0.2, 0.25) is 0 Å². The molecule has 2 rings (SSSR count). The van der Waals surface area contributed by atoms with Gasteiger partial charge in [-0.15, -0.1) is 11.3 Å². The van der Waals surface area contributed by atoms with E-state index < -0.39 is 0 Å². The summed E-state index contributed by atoms with van der Waals surface area (Å²) in [7, 11) is 0. The van der Waals surface area contributed by atoms with Crippen molar-refractivity contribution in [1.29, 1.82) is 0 Å². The van der Waals surface area contributed by atoms with Crippen LogP contribution in [0.4, 0.5) is 0 Å². The molecule has 96 valence electrons. The summed E-state index contributed by atoms with van der Waals surface area (Å²) in [4.78, 5) is 7.21. The van der Waals surface area contributed by atoms with Crippen LogP contribution in [0.2, 0.25) is 0 Å². The minimum Gasteiger partial charge on any atom is -0.293 e. The van der Waals surface area contributed by atoms with Gasteiger partial charge in [0.15, 0.2) is 0 Å². The van der Waals surface area contributed by atoms with Gasteiger partial charge in [-0.2, -0.15) is 0 Å². The number of aromatic nitrogens is 1. The Kier molecular flexibility index (Phi) is 5.45. The molecule has 0 saturated heterocycles. The summed E-state index contributed by atoms with van der Waals surface area (Å²) >= 11 is 5.38. The second-order valence-electron chi connectivity index (χ2n) is 4.83. The van der Waals surface area contributed by atoms with E-state index in [0.29, 0.717) is 0 Å². The van der Waals surface area contributed by atoms with Crippen LogP contribution in [0.25, 0.3) is 0 Å². The number of thiazole rings is 1. The zero-order chi connectivity index (χ0) is 12.1. The molecule has 1 saturated carbocycles. The summed E-state index contributed by atoms with van der Waals surface area (Å²) in [5.74, 6) is 0. The van der Waals surface area contributed by atoms with Gasteiger partial charge in [0, 0.05) is 29.0 Å². The van der Waals surface area contributed by atoms with Crippen LogP contribution in [0.5, 0.6) is 0 Å². The molecule has 17 heavy (non-hydrogen) atoms. The van der Waals surface area contributed by atoms with Gasteiger partial charge in [-0.25, -0.2) is 4.98 Å². The maximum absolute atomic E-state index is 4.59. The molecule has 1 aromatic heterocycles. The van der Waals surface area contributed by atoms with Crippen molar-refractivity contribution >= 4 is 27.3 Å². The average molecular weight is 317 g/mol. The van der Waals surface area contributed by atoms with Gasteiger partial charge in [0.05, 0.1) is 6.54 Å². The highest BCUT2D eigenvalue weighted by atomic mass is 79.9. The Bertz CT molecular complexity index is 334. The highest BCUT2D eigenvalue weighted by Crippen LogP contribution is 2.24. The quantitative estimate of drug-likeness (QED) is 0.764. The Morgan fingerprint density at radius 1 is 1.41 bits per heavy atom. The molecule has 1 aliphatic carbocycles. The van der Waals surface area contributed by atoms with Crippen LogP contribution < -0.4 is 0 Å². The molecule has 2 nitrogen and oxygen atoms in total. The fourth-order valence-electron chi connectivity index (χ4n) is 2.59. The summed E-state index contributed by atoms with van der Waals surface area (Å²) in [6.45, 7) is 4.26. The first-order valence-corrected chi connectivity index (χ1v) is 8.50. The van der Waals surface area contributed by atoms with E-state index in [-0.39, 0.29) is 0 Å². The highest BCUT2D eigenvalue weighted by molar-refractivity contribution is 9.09. The SMILES string of the molecule is Cc1csc(CN(CCBr)C2CCCCC2)n1. The number of halogens is 1. The molecule has 1 aromatic rings. The zero-order valence-corrected chi connectivity index (χ0v) is 12.9. The predicted octanol–water partition coefficient (Wildman–Crippen LogP) is 3.98. The lowest BCUT2D eigenvalue weighted by Gasteiger charge is -2.33. The van der Waals surface area contributed by atoms with Crippen molar-refractivity contribution in [2.45, 2.75) is 51.6 Å². The molecule has 0 aliphatic heterocycles. The molecule has 0 aromatic carbocycles. The number of nitrogens with zero attached hydrogens (tertiary/aromatic N) is 2. The van der Waals surface area contributed by atoms with Gasteiger partial charge in [-0.05, 0) is 19.8 Å². The van der Waals surface area contributed by atoms with Crippen molar-refractivity contribution in [3.63, 3.8) is 0 Å². The van der Waals surface area contributed by atoms with Crippen molar-refractivity contribution in [3.8, 4) is 0 Å². The summed E-state index contributed by atoms with van der Waals surface area (Å²) in [6, 6.07) is 0.783. The number of alkyl halides is 1. The van der Waals surface area contributed by atoms with Crippen LogP contribution in [0.1, 0.15) is 42.8 Å². The van der Waals surface area contributed by atoms with Crippen LogP contribution in [0.3, 0.4) is 0 Å².